The van der Waals surface area contributed by atoms with Crippen molar-refractivity contribution in [3.8, 4) is 11.5 Å². The number of thioether (sulfide) groups is 1. The lowest BCUT2D eigenvalue weighted by molar-refractivity contribution is -0.159. The zero-order chi connectivity index (χ0) is 20.7. The number of rotatable bonds is 4. The summed E-state index contributed by atoms with van der Waals surface area (Å²) in [5.41, 5.74) is 2.16. The summed E-state index contributed by atoms with van der Waals surface area (Å²) >= 11 is 8.03. The molecule has 148 valence electrons. The Hall–Kier alpha value is -2.48. The Labute approximate surface area is 172 Å². The van der Waals surface area contributed by atoms with Gasteiger partial charge in [0.2, 0.25) is 0 Å². The van der Waals surface area contributed by atoms with E-state index in [2.05, 4.69) is 31.1 Å². The number of hydrogen-bond acceptors (Lipinski definition) is 5. The van der Waals surface area contributed by atoms with Crippen LogP contribution in [0.3, 0.4) is 0 Å². The van der Waals surface area contributed by atoms with Crippen molar-refractivity contribution in [1.29, 1.82) is 0 Å². The molecule has 0 aromatic heterocycles. The number of benzene rings is 2. The maximum atomic E-state index is 9.10. The summed E-state index contributed by atoms with van der Waals surface area (Å²) < 4.78 is 6.08. The van der Waals surface area contributed by atoms with Gasteiger partial charge >= 0.3 is 11.9 Å². The first-order chi connectivity index (χ1) is 13.3. The Bertz CT molecular complexity index is 886. The molecule has 0 amide bonds. The summed E-state index contributed by atoms with van der Waals surface area (Å²) in [5.74, 6) is -0.885. The summed E-state index contributed by atoms with van der Waals surface area (Å²) in [6.45, 7) is 1.03. The highest BCUT2D eigenvalue weighted by molar-refractivity contribution is 8.08. The molecule has 0 saturated heterocycles. The minimum atomic E-state index is -1.82. The van der Waals surface area contributed by atoms with Gasteiger partial charge < -0.3 is 19.8 Å². The molecule has 0 saturated carbocycles. The first-order valence-corrected chi connectivity index (χ1v) is 9.66. The molecule has 0 radical (unpaired) electrons. The van der Waals surface area contributed by atoms with Crippen molar-refractivity contribution >= 4 is 46.3 Å². The quantitative estimate of drug-likeness (QED) is 0.707. The van der Waals surface area contributed by atoms with E-state index in [0.717, 1.165) is 39.9 Å². The molecule has 2 N–H and O–H groups in total. The van der Waals surface area contributed by atoms with Crippen molar-refractivity contribution in [3.63, 3.8) is 0 Å². The van der Waals surface area contributed by atoms with Crippen LogP contribution in [0.5, 0.6) is 11.5 Å². The average Bonchev–Trinajstić information content (AvgIpc) is 2.78. The monoisotopic (exact) mass is 421 g/mol. The zero-order valence-corrected chi connectivity index (χ0v) is 17.0. The van der Waals surface area contributed by atoms with Crippen molar-refractivity contribution in [2.24, 2.45) is 0 Å². The SMILES string of the molecule is CN(C)CCSC1=Cc2ccccc2Oc2ccc(Cl)cc21.O=C(O)C(=O)O. The Morgan fingerprint density at radius 1 is 1.07 bits per heavy atom. The summed E-state index contributed by atoms with van der Waals surface area (Å²) in [7, 11) is 4.18. The first kappa shape index (κ1) is 21.8. The predicted octanol–water partition coefficient (Wildman–Crippen LogP) is 4.39. The van der Waals surface area contributed by atoms with Gasteiger partial charge in [-0.25, -0.2) is 9.59 Å². The molecule has 0 fully saturated rings. The maximum absolute atomic E-state index is 9.10. The molecule has 1 heterocycles. The average molecular weight is 422 g/mol. The van der Waals surface area contributed by atoms with Gasteiger partial charge in [-0.05, 0) is 44.4 Å². The Morgan fingerprint density at radius 2 is 1.75 bits per heavy atom. The van der Waals surface area contributed by atoms with Gasteiger partial charge in [0, 0.05) is 33.4 Å². The summed E-state index contributed by atoms with van der Waals surface area (Å²) in [5, 5.41) is 15.5. The number of carbonyl (C=O) groups is 2. The van der Waals surface area contributed by atoms with E-state index < -0.39 is 11.9 Å². The number of carboxylic acids is 2. The highest BCUT2D eigenvalue weighted by Crippen LogP contribution is 2.43. The molecule has 8 heteroatoms. The third-order valence-electron chi connectivity index (χ3n) is 3.61. The van der Waals surface area contributed by atoms with Crippen molar-refractivity contribution in [2.75, 3.05) is 26.4 Å². The van der Waals surface area contributed by atoms with Gasteiger partial charge in [-0.3, -0.25) is 0 Å². The minimum absolute atomic E-state index is 0.729. The Kier molecular flexibility index (Phi) is 7.92. The Balaban J connectivity index is 0.000000409. The Morgan fingerprint density at radius 3 is 2.39 bits per heavy atom. The lowest BCUT2D eigenvalue weighted by Crippen LogP contribution is -2.14. The zero-order valence-electron chi connectivity index (χ0n) is 15.4. The molecule has 0 bridgehead atoms. The van der Waals surface area contributed by atoms with Gasteiger partial charge in [0.05, 0.1) is 0 Å². The highest BCUT2D eigenvalue weighted by atomic mass is 35.5. The summed E-state index contributed by atoms with van der Waals surface area (Å²) in [6, 6.07) is 13.9. The van der Waals surface area contributed by atoms with Crippen LogP contribution < -0.4 is 4.74 Å². The van der Waals surface area contributed by atoms with Crippen molar-refractivity contribution in [3.05, 3.63) is 58.6 Å². The maximum Gasteiger partial charge on any atom is 0.414 e. The molecule has 0 unspecified atom stereocenters. The number of halogens is 1. The molecule has 0 aliphatic carbocycles. The molecule has 28 heavy (non-hydrogen) atoms. The van der Waals surface area contributed by atoms with Crippen LogP contribution in [-0.4, -0.2) is 53.4 Å². The highest BCUT2D eigenvalue weighted by Gasteiger charge is 2.17. The molecular weight excluding hydrogens is 402 g/mol. The van der Waals surface area contributed by atoms with E-state index in [0.29, 0.717) is 0 Å². The second kappa shape index (κ2) is 10.2. The van der Waals surface area contributed by atoms with E-state index in [1.54, 1.807) is 0 Å². The van der Waals surface area contributed by atoms with Crippen LogP contribution in [0, 0.1) is 0 Å². The normalized spacial score (nSPS) is 11.8. The number of nitrogens with zero attached hydrogens (tertiary/aromatic N) is 1. The van der Waals surface area contributed by atoms with Crippen LogP contribution in [0.1, 0.15) is 11.1 Å². The smallest absolute Gasteiger partial charge is 0.414 e. The van der Waals surface area contributed by atoms with E-state index in [1.807, 2.05) is 48.2 Å². The second-order valence-corrected chi connectivity index (χ2v) is 7.62. The number of carboxylic acid groups (broad SMARTS) is 2. The van der Waals surface area contributed by atoms with Crippen molar-refractivity contribution in [2.45, 2.75) is 0 Å². The van der Waals surface area contributed by atoms with E-state index >= 15 is 0 Å². The van der Waals surface area contributed by atoms with E-state index in [1.165, 1.54) is 4.91 Å². The molecule has 0 atom stereocenters. The topological polar surface area (TPSA) is 87.1 Å². The van der Waals surface area contributed by atoms with E-state index in [4.69, 9.17) is 36.1 Å². The van der Waals surface area contributed by atoms with Gasteiger partial charge in [0.1, 0.15) is 11.5 Å². The largest absolute Gasteiger partial charge is 0.473 e. The number of para-hydroxylation sites is 1. The van der Waals surface area contributed by atoms with Crippen LogP contribution in [0.25, 0.3) is 11.0 Å². The molecule has 2 aromatic carbocycles. The van der Waals surface area contributed by atoms with Crippen LogP contribution in [0.15, 0.2) is 42.5 Å². The lowest BCUT2D eigenvalue weighted by atomic mass is 10.1. The summed E-state index contributed by atoms with van der Waals surface area (Å²) in [4.78, 5) is 21.6. The van der Waals surface area contributed by atoms with Gasteiger partial charge in [-0.15, -0.1) is 11.8 Å². The third kappa shape index (κ3) is 6.30. The lowest BCUT2D eigenvalue weighted by Gasteiger charge is -2.13. The summed E-state index contributed by atoms with van der Waals surface area (Å²) in [6.07, 6.45) is 2.19. The third-order valence-corrected chi connectivity index (χ3v) is 4.88. The second-order valence-electron chi connectivity index (χ2n) is 6.05. The predicted molar refractivity (Wildman–Crippen MR) is 112 cm³/mol. The molecule has 6 nitrogen and oxygen atoms in total. The van der Waals surface area contributed by atoms with Gasteiger partial charge in [-0.1, -0.05) is 29.8 Å². The van der Waals surface area contributed by atoms with E-state index in [9.17, 15) is 0 Å². The van der Waals surface area contributed by atoms with Gasteiger partial charge in [0.15, 0.2) is 0 Å². The molecule has 1 aliphatic rings. The fraction of sp³-hybridized carbons (Fsp3) is 0.200. The van der Waals surface area contributed by atoms with Crippen LogP contribution in [0.4, 0.5) is 0 Å². The fourth-order valence-corrected chi connectivity index (χ4v) is 3.65. The minimum Gasteiger partial charge on any atom is -0.473 e. The number of aliphatic carboxylic acids is 2. The van der Waals surface area contributed by atoms with Crippen LogP contribution in [0.2, 0.25) is 5.02 Å². The van der Waals surface area contributed by atoms with Gasteiger partial charge in [0.25, 0.3) is 0 Å². The van der Waals surface area contributed by atoms with Crippen molar-refractivity contribution < 1.29 is 24.5 Å². The van der Waals surface area contributed by atoms with Crippen LogP contribution in [-0.2, 0) is 9.59 Å². The van der Waals surface area contributed by atoms with Crippen LogP contribution >= 0.6 is 23.4 Å². The molecular formula is C20H20ClNO5S. The van der Waals surface area contributed by atoms with Gasteiger partial charge in [-0.2, -0.15) is 0 Å². The first-order valence-electron chi connectivity index (χ1n) is 8.30. The van der Waals surface area contributed by atoms with E-state index in [-0.39, 0.29) is 0 Å². The fourth-order valence-electron chi connectivity index (χ4n) is 2.27. The number of fused-ring (bicyclic) bond motifs is 2. The van der Waals surface area contributed by atoms with Crippen molar-refractivity contribution in [1.82, 2.24) is 4.90 Å². The molecule has 2 aromatic rings. The molecule has 0 spiro atoms. The molecule has 3 rings (SSSR count). The number of hydrogen-bond donors (Lipinski definition) is 2. The standard InChI is InChI=1S/C18H18ClNOS.C2H2O4/c1-20(2)9-10-22-18-11-13-5-3-4-6-16(13)21-17-8-7-14(19)12-15(17)18;3-1(4)2(5)6/h3-8,11-12H,9-10H2,1-2H3;(H,3,4)(H,5,6). The molecule has 1 aliphatic heterocycles. The number of ether oxygens (including phenoxy) is 1.